The van der Waals surface area contributed by atoms with E-state index in [4.69, 9.17) is 0 Å². The van der Waals surface area contributed by atoms with Crippen molar-refractivity contribution in [3.8, 4) is 5.69 Å². The van der Waals surface area contributed by atoms with Crippen LogP contribution in [0.3, 0.4) is 0 Å². The molecule has 0 bridgehead atoms. The molecule has 1 aliphatic rings. The number of likely N-dealkylation sites (tertiary alicyclic amines) is 1. The van der Waals surface area contributed by atoms with Crippen LogP contribution >= 0.6 is 0 Å². The highest BCUT2D eigenvalue weighted by Crippen LogP contribution is 2.19. The third-order valence-corrected chi connectivity index (χ3v) is 5.06. The smallest absolute Gasteiger partial charge is 0.259 e. The number of amides is 2. The van der Waals surface area contributed by atoms with Crippen molar-refractivity contribution in [3.05, 3.63) is 77.4 Å². The Morgan fingerprint density at radius 1 is 1.21 bits per heavy atom. The Kier molecular flexibility index (Phi) is 5.12. The Bertz CT molecular complexity index is 1060. The van der Waals surface area contributed by atoms with Crippen LogP contribution < -0.4 is 5.32 Å². The molecule has 2 heterocycles. The summed E-state index contributed by atoms with van der Waals surface area (Å²) in [6, 6.07) is 13.4. The zero-order valence-electron chi connectivity index (χ0n) is 16.1. The second kappa shape index (κ2) is 7.87. The van der Waals surface area contributed by atoms with Crippen LogP contribution in [0, 0.1) is 12.7 Å². The molecule has 3 aromatic rings. The summed E-state index contributed by atoms with van der Waals surface area (Å²) in [6.45, 7) is 3.11. The molecule has 4 rings (SSSR count). The molecule has 148 valence electrons. The number of hydrogen-bond acceptors (Lipinski definition) is 3. The van der Waals surface area contributed by atoms with Gasteiger partial charge in [-0.05, 0) is 55.3 Å². The maximum Gasteiger partial charge on any atom is 0.259 e. The van der Waals surface area contributed by atoms with Gasteiger partial charge in [0, 0.05) is 25.2 Å². The summed E-state index contributed by atoms with van der Waals surface area (Å²) in [6.07, 6.45) is 3.00. The van der Waals surface area contributed by atoms with E-state index in [1.54, 1.807) is 23.7 Å². The van der Waals surface area contributed by atoms with E-state index in [-0.39, 0.29) is 17.6 Å². The quantitative estimate of drug-likeness (QED) is 0.720. The summed E-state index contributed by atoms with van der Waals surface area (Å²) in [7, 11) is 0. The van der Waals surface area contributed by atoms with Crippen molar-refractivity contribution >= 4 is 17.5 Å². The molecular formula is C22H21FN4O2. The van der Waals surface area contributed by atoms with E-state index in [1.807, 2.05) is 29.2 Å². The highest BCUT2D eigenvalue weighted by Gasteiger charge is 2.20. The van der Waals surface area contributed by atoms with E-state index in [9.17, 15) is 14.0 Å². The number of aromatic nitrogens is 2. The van der Waals surface area contributed by atoms with Crippen molar-refractivity contribution in [1.29, 1.82) is 0 Å². The maximum atomic E-state index is 13.1. The zero-order chi connectivity index (χ0) is 20.4. The number of anilines is 1. The van der Waals surface area contributed by atoms with Gasteiger partial charge in [0.15, 0.2) is 0 Å². The summed E-state index contributed by atoms with van der Waals surface area (Å²) >= 11 is 0. The van der Waals surface area contributed by atoms with Gasteiger partial charge in [0.2, 0.25) is 5.91 Å². The summed E-state index contributed by atoms with van der Waals surface area (Å²) in [5, 5.41) is 7.16. The first-order valence-electron chi connectivity index (χ1n) is 9.50. The molecule has 1 N–H and O–H groups in total. The molecule has 6 nitrogen and oxygen atoms in total. The lowest BCUT2D eigenvalue weighted by Crippen LogP contribution is -2.23. The van der Waals surface area contributed by atoms with Gasteiger partial charge in [0.05, 0.1) is 23.1 Å². The predicted molar refractivity (Wildman–Crippen MR) is 107 cm³/mol. The average Bonchev–Trinajstić information content (AvgIpc) is 3.28. The van der Waals surface area contributed by atoms with E-state index >= 15 is 0 Å². The molecule has 1 saturated heterocycles. The van der Waals surface area contributed by atoms with Crippen LogP contribution in [0.1, 0.15) is 34.5 Å². The Morgan fingerprint density at radius 3 is 2.72 bits per heavy atom. The van der Waals surface area contributed by atoms with Gasteiger partial charge < -0.3 is 10.2 Å². The maximum absolute atomic E-state index is 13.1. The number of nitrogens with one attached hydrogen (secondary N) is 1. The van der Waals surface area contributed by atoms with Gasteiger partial charge in [-0.15, -0.1) is 0 Å². The molecule has 1 aromatic heterocycles. The van der Waals surface area contributed by atoms with Crippen LogP contribution in [0.2, 0.25) is 0 Å². The van der Waals surface area contributed by atoms with Crippen LogP contribution in [0.25, 0.3) is 5.69 Å². The molecule has 1 fully saturated rings. The summed E-state index contributed by atoms with van der Waals surface area (Å²) in [4.78, 5) is 26.4. The number of hydrogen-bond donors (Lipinski definition) is 1. The van der Waals surface area contributed by atoms with Crippen molar-refractivity contribution in [2.75, 3.05) is 11.9 Å². The minimum Gasteiger partial charge on any atom is -0.338 e. The van der Waals surface area contributed by atoms with Gasteiger partial charge >= 0.3 is 0 Å². The first kappa shape index (κ1) is 18.9. The van der Waals surface area contributed by atoms with Crippen molar-refractivity contribution in [3.63, 3.8) is 0 Å². The molecule has 2 aromatic carbocycles. The molecule has 0 atom stereocenters. The minimum atomic E-state index is -0.327. The standard InChI is InChI=1S/C22H21FN4O2/c1-15-20(13-24-27(15)19-9-7-17(23)8-10-19)22(29)25-18-5-2-4-16(12-18)14-26-11-3-6-21(26)28/h2,4-5,7-10,12-13H,3,6,11,14H2,1H3,(H,25,29). The fourth-order valence-electron chi connectivity index (χ4n) is 3.51. The first-order valence-corrected chi connectivity index (χ1v) is 9.50. The minimum absolute atomic E-state index is 0.170. The molecule has 7 heteroatoms. The molecule has 0 spiro atoms. The molecule has 0 saturated carbocycles. The van der Waals surface area contributed by atoms with Gasteiger partial charge in [0.1, 0.15) is 5.82 Å². The third-order valence-electron chi connectivity index (χ3n) is 5.06. The Labute approximate surface area is 167 Å². The third kappa shape index (κ3) is 4.03. The molecule has 29 heavy (non-hydrogen) atoms. The zero-order valence-corrected chi connectivity index (χ0v) is 16.1. The average molecular weight is 392 g/mol. The number of halogens is 1. The molecule has 0 unspecified atom stereocenters. The number of carbonyl (C=O) groups is 2. The van der Waals surface area contributed by atoms with E-state index < -0.39 is 0 Å². The summed E-state index contributed by atoms with van der Waals surface area (Å²) in [5.74, 6) is -0.430. The molecule has 1 aliphatic heterocycles. The van der Waals surface area contributed by atoms with E-state index in [0.29, 0.717) is 35.6 Å². The normalized spacial score (nSPS) is 13.7. The Balaban J connectivity index is 1.49. The largest absolute Gasteiger partial charge is 0.338 e. The lowest BCUT2D eigenvalue weighted by Gasteiger charge is -2.16. The lowest BCUT2D eigenvalue weighted by atomic mass is 10.1. The van der Waals surface area contributed by atoms with Crippen LogP contribution in [0.15, 0.2) is 54.7 Å². The van der Waals surface area contributed by atoms with Crippen LogP contribution in [0.5, 0.6) is 0 Å². The van der Waals surface area contributed by atoms with Gasteiger partial charge in [-0.2, -0.15) is 5.10 Å². The van der Waals surface area contributed by atoms with Gasteiger partial charge in [-0.3, -0.25) is 9.59 Å². The van der Waals surface area contributed by atoms with Gasteiger partial charge in [0.25, 0.3) is 5.91 Å². The van der Waals surface area contributed by atoms with Crippen LogP contribution in [-0.4, -0.2) is 33.0 Å². The number of rotatable bonds is 5. The molecule has 0 aliphatic carbocycles. The second-order valence-electron chi connectivity index (χ2n) is 7.11. The Morgan fingerprint density at radius 2 is 2.00 bits per heavy atom. The van der Waals surface area contributed by atoms with Gasteiger partial charge in [-0.1, -0.05) is 12.1 Å². The van der Waals surface area contributed by atoms with E-state index in [0.717, 1.165) is 18.5 Å². The number of nitrogens with zero attached hydrogens (tertiary/aromatic N) is 3. The second-order valence-corrected chi connectivity index (χ2v) is 7.11. The van der Waals surface area contributed by atoms with Crippen LogP contribution in [-0.2, 0) is 11.3 Å². The fraction of sp³-hybridized carbons (Fsp3) is 0.227. The summed E-state index contributed by atoms with van der Waals surface area (Å²) in [5.41, 5.74) is 3.41. The lowest BCUT2D eigenvalue weighted by molar-refractivity contribution is -0.128. The molecule has 0 radical (unpaired) electrons. The number of benzene rings is 2. The summed E-state index contributed by atoms with van der Waals surface area (Å²) < 4.78 is 14.7. The topological polar surface area (TPSA) is 67.2 Å². The fourth-order valence-corrected chi connectivity index (χ4v) is 3.51. The van der Waals surface area contributed by atoms with E-state index in [2.05, 4.69) is 10.4 Å². The van der Waals surface area contributed by atoms with Crippen LogP contribution in [0.4, 0.5) is 10.1 Å². The highest BCUT2D eigenvalue weighted by atomic mass is 19.1. The SMILES string of the molecule is Cc1c(C(=O)Nc2cccc(CN3CCCC3=O)c2)cnn1-c1ccc(F)cc1. The van der Waals surface area contributed by atoms with Crippen molar-refractivity contribution in [1.82, 2.24) is 14.7 Å². The first-order chi connectivity index (χ1) is 14.0. The van der Waals surface area contributed by atoms with Crippen molar-refractivity contribution < 1.29 is 14.0 Å². The Hall–Kier alpha value is -3.48. The monoisotopic (exact) mass is 392 g/mol. The number of carbonyl (C=O) groups excluding carboxylic acids is 2. The van der Waals surface area contributed by atoms with E-state index in [1.165, 1.54) is 18.3 Å². The van der Waals surface area contributed by atoms with Gasteiger partial charge in [-0.25, -0.2) is 9.07 Å². The van der Waals surface area contributed by atoms with Crippen molar-refractivity contribution in [2.24, 2.45) is 0 Å². The molecule has 2 amide bonds. The molecular weight excluding hydrogens is 371 g/mol. The van der Waals surface area contributed by atoms with Crippen molar-refractivity contribution in [2.45, 2.75) is 26.3 Å². The predicted octanol–water partition coefficient (Wildman–Crippen LogP) is 3.69. The highest BCUT2D eigenvalue weighted by molar-refractivity contribution is 6.05.